The second kappa shape index (κ2) is 7.69. The van der Waals surface area contributed by atoms with Crippen LogP contribution < -0.4 is 5.32 Å². The lowest BCUT2D eigenvalue weighted by atomic mass is 10.2. The predicted octanol–water partition coefficient (Wildman–Crippen LogP) is 3.53. The smallest absolute Gasteiger partial charge is 0.324 e. The zero-order valence-corrected chi connectivity index (χ0v) is 15.5. The minimum absolute atomic E-state index is 0.310. The van der Waals surface area contributed by atoms with Crippen molar-refractivity contribution in [3.8, 4) is 11.4 Å². The molecule has 3 heterocycles. The van der Waals surface area contributed by atoms with Gasteiger partial charge in [0.1, 0.15) is 12.4 Å². The number of rotatable bonds is 4. The number of hydrogen-bond acceptors (Lipinski definition) is 4. The van der Waals surface area contributed by atoms with Crippen LogP contribution in [0.4, 0.5) is 18.9 Å². The summed E-state index contributed by atoms with van der Waals surface area (Å²) in [5.41, 5.74) is 0.408. The molecule has 1 aromatic carbocycles. The molecule has 0 fully saturated rings. The number of fused-ring (bicyclic) bond motifs is 1. The molecule has 0 spiro atoms. The lowest BCUT2D eigenvalue weighted by Gasteiger charge is -2.09. The maximum atomic E-state index is 12.6. The standard InChI is InChI=1S/C19H19F3N6O/c20-19(21,22)15-9-11-27(26-15)12-17(29)23-14-7-5-13(6-8-14)18-25-24-16-4-2-1-3-10-28(16)18/h5-9,11H,1-4,10,12H2,(H,23,29). The average Bonchev–Trinajstić information content (AvgIpc) is 3.23. The zero-order valence-electron chi connectivity index (χ0n) is 15.5. The molecule has 0 bridgehead atoms. The molecule has 1 aliphatic heterocycles. The number of nitrogens with one attached hydrogen (secondary N) is 1. The van der Waals surface area contributed by atoms with Gasteiger partial charge in [-0.1, -0.05) is 6.42 Å². The zero-order chi connectivity index (χ0) is 20.4. The van der Waals surface area contributed by atoms with Crippen LogP contribution in [0, 0.1) is 0 Å². The first-order valence-electron chi connectivity index (χ1n) is 9.33. The third-order valence-electron chi connectivity index (χ3n) is 4.77. The molecule has 2 aromatic heterocycles. The summed E-state index contributed by atoms with van der Waals surface area (Å²) in [6.45, 7) is 0.579. The van der Waals surface area contributed by atoms with Crippen molar-refractivity contribution in [1.82, 2.24) is 24.5 Å². The van der Waals surface area contributed by atoms with Crippen molar-refractivity contribution in [3.63, 3.8) is 0 Å². The highest BCUT2D eigenvalue weighted by atomic mass is 19.4. The van der Waals surface area contributed by atoms with Gasteiger partial charge in [0.25, 0.3) is 0 Å². The molecule has 10 heteroatoms. The van der Waals surface area contributed by atoms with Crippen LogP contribution in [0.15, 0.2) is 36.5 Å². The minimum atomic E-state index is -4.53. The number of aromatic nitrogens is 5. The summed E-state index contributed by atoms with van der Waals surface area (Å²) in [6, 6.07) is 7.98. The summed E-state index contributed by atoms with van der Waals surface area (Å²) in [4.78, 5) is 12.1. The highest BCUT2D eigenvalue weighted by molar-refractivity contribution is 5.90. The van der Waals surface area contributed by atoms with Crippen molar-refractivity contribution in [2.75, 3.05) is 5.32 Å². The van der Waals surface area contributed by atoms with Crippen LogP contribution in [0.25, 0.3) is 11.4 Å². The molecular weight excluding hydrogens is 385 g/mol. The van der Waals surface area contributed by atoms with Crippen LogP contribution in [0.5, 0.6) is 0 Å². The summed E-state index contributed by atoms with van der Waals surface area (Å²) in [5, 5.41) is 14.6. The Morgan fingerprint density at radius 1 is 1.07 bits per heavy atom. The topological polar surface area (TPSA) is 77.6 Å². The summed E-state index contributed by atoms with van der Waals surface area (Å²) in [6.07, 6.45) is 0.901. The van der Waals surface area contributed by atoms with Gasteiger partial charge in [-0.25, -0.2) is 0 Å². The van der Waals surface area contributed by atoms with Gasteiger partial charge >= 0.3 is 6.18 Å². The first-order chi connectivity index (χ1) is 13.9. The van der Waals surface area contributed by atoms with Gasteiger partial charge in [-0.2, -0.15) is 18.3 Å². The molecule has 1 N–H and O–H groups in total. The Kier molecular flexibility index (Phi) is 5.08. The fraction of sp³-hybridized carbons (Fsp3) is 0.368. The van der Waals surface area contributed by atoms with Crippen LogP contribution in [0.1, 0.15) is 30.8 Å². The van der Waals surface area contributed by atoms with Crippen LogP contribution >= 0.6 is 0 Å². The van der Waals surface area contributed by atoms with Crippen molar-refractivity contribution in [2.24, 2.45) is 0 Å². The van der Waals surface area contributed by atoms with Crippen molar-refractivity contribution in [2.45, 2.75) is 44.9 Å². The molecule has 0 saturated carbocycles. The normalized spacial score (nSPS) is 14.3. The summed E-state index contributed by atoms with van der Waals surface area (Å²) < 4.78 is 40.8. The summed E-state index contributed by atoms with van der Waals surface area (Å²) in [7, 11) is 0. The molecular formula is C19H19F3N6O. The third-order valence-corrected chi connectivity index (χ3v) is 4.77. The lowest BCUT2D eigenvalue weighted by molar-refractivity contribution is -0.141. The molecule has 7 nitrogen and oxygen atoms in total. The first kappa shape index (κ1) is 19.2. The van der Waals surface area contributed by atoms with E-state index in [-0.39, 0.29) is 6.54 Å². The van der Waals surface area contributed by atoms with E-state index in [2.05, 4.69) is 25.2 Å². The number of carbonyl (C=O) groups is 1. The minimum Gasteiger partial charge on any atom is -0.324 e. The molecule has 152 valence electrons. The van der Waals surface area contributed by atoms with Gasteiger partial charge in [-0.3, -0.25) is 9.48 Å². The molecule has 0 saturated heterocycles. The van der Waals surface area contributed by atoms with Crippen LogP contribution in [0.3, 0.4) is 0 Å². The van der Waals surface area contributed by atoms with E-state index in [9.17, 15) is 18.0 Å². The van der Waals surface area contributed by atoms with Gasteiger partial charge < -0.3 is 9.88 Å². The molecule has 1 aliphatic rings. The average molecular weight is 404 g/mol. The molecule has 1 amide bonds. The Labute approximate surface area is 164 Å². The van der Waals surface area contributed by atoms with E-state index in [0.717, 1.165) is 60.0 Å². The van der Waals surface area contributed by atoms with Gasteiger partial charge in [-0.15, -0.1) is 10.2 Å². The van der Waals surface area contributed by atoms with Gasteiger partial charge in [-0.05, 0) is 43.2 Å². The number of benzene rings is 1. The monoisotopic (exact) mass is 404 g/mol. The van der Waals surface area contributed by atoms with Crippen molar-refractivity contribution >= 4 is 11.6 Å². The number of alkyl halides is 3. The van der Waals surface area contributed by atoms with E-state index in [1.165, 1.54) is 6.42 Å². The number of halogens is 3. The van der Waals surface area contributed by atoms with E-state index in [4.69, 9.17) is 0 Å². The SMILES string of the molecule is O=C(Cn1ccc(C(F)(F)F)n1)Nc1ccc(-c2nnc3n2CCCCC3)cc1. The van der Waals surface area contributed by atoms with E-state index >= 15 is 0 Å². The number of aryl methyl sites for hydroxylation is 1. The number of nitrogens with zero attached hydrogens (tertiary/aromatic N) is 5. The Morgan fingerprint density at radius 3 is 2.59 bits per heavy atom. The quantitative estimate of drug-likeness (QED) is 0.722. The maximum absolute atomic E-state index is 12.6. The van der Waals surface area contributed by atoms with Crippen LogP contribution in [-0.2, 0) is 30.5 Å². The number of hydrogen-bond donors (Lipinski definition) is 1. The molecule has 0 aliphatic carbocycles. The summed E-state index contributed by atoms with van der Waals surface area (Å²) >= 11 is 0. The Bertz CT molecular complexity index is 1010. The number of anilines is 1. The van der Waals surface area contributed by atoms with Gasteiger partial charge in [0.2, 0.25) is 5.91 Å². The summed E-state index contributed by atoms with van der Waals surface area (Å²) in [5.74, 6) is 1.33. The van der Waals surface area contributed by atoms with Crippen molar-refractivity contribution in [1.29, 1.82) is 0 Å². The fourth-order valence-electron chi connectivity index (χ4n) is 3.35. The van der Waals surface area contributed by atoms with E-state index in [0.29, 0.717) is 5.69 Å². The fourth-order valence-corrected chi connectivity index (χ4v) is 3.35. The van der Waals surface area contributed by atoms with Crippen LogP contribution in [0.2, 0.25) is 0 Å². The Balaban J connectivity index is 1.41. The van der Waals surface area contributed by atoms with E-state index in [1.807, 2.05) is 12.1 Å². The van der Waals surface area contributed by atoms with Gasteiger partial charge in [0.15, 0.2) is 11.5 Å². The van der Waals surface area contributed by atoms with E-state index < -0.39 is 17.8 Å². The molecule has 0 unspecified atom stereocenters. The third kappa shape index (κ3) is 4.30. The van der Waals surface area contributed by atoms with Crippen LogP contribution in [-0.4, -0.2) is 30.5 Å². The largest absolute Gasteiger partial charge is 0.435 e. The number of amides is 1. The molecule has 0 atom stereocenters. The first-order valence-corrected chi connectivity index (χ1v) is 9.33. The highest BCUT2D eigenvalue weighted by Gasteiger charge is 2.33. The number of carbonyl (C=O) groups excluding carboxylic acids is 1. The predicted molar refractivity (Wildman–Crippen MR) is 98.9 cm³/mol. The van der Waals surface area contributed by atoms with Crippen molar-refractivity contribution < 1.29 is 18.0 Å². The van der Waals surface area contributed by atoms with Gasteiger partial charge in [0, 0.05) is 30.4 Å². The Morgan fingerprint density at radius 2 is 1.86 bits per heavy atom. The molecule has 4 rings (SSSR count). The van der Waals surface area contributed by atoms with Crippen molar-refractivity contribution in [3.05, 3.63) is 48.0 Å². The van der Waals surface area contributed by atoms with Gasteiger partial charge in [0.05, 0.1) is 0 Å². The second-order valence-corrected chi connectivity index (χ2v) is 6.92. The highest BCUT2D eigenvalue weighted by Crippen LogP contribution is 2.27. The van der Waals surface area contributed by atoms with E-state index in [1.54, 1.807) is 12.1 Å². The maximum Gasteiger partial charge on any atom is 0.435 e. The second-order valence-electron chi connectivity index (χ2n) is 6.92. The molecule has 3 aromatic rings. The molecule has 0 radical (unpaired) electrons. The Hall–Kier alpha value is -3.17. The lowest BCUT2D eigenvalue weighted by Crippen LogP contribution is -2.19. The molecule has 29 heavy (non-hydrogen) atoms.